The molecule has 4 aromatic rings. The number of nitrogens with one attached hydrogen (secondary N) is 2. The smallest absolute Gasteiger partial charge is 0.338 e. The first-order valence-corrected chi connectivity index (χ1v) is 29.4. The van der Waals surface area contributed by atoms with Gasteiger partial charge in [0.05, 0.1) is 46.9 Å². The van der Waals surface area contributed by atoms with Crippen molar-refractivity contribution in [3.8, 4) is 0 Å². The number of carbonyl (C=O) groups is 4. The molecule has 0 saturated carbocycles. The van der Waals surface area contributed by atoms with E-state index in [1.165, 1.54) is 82.7 Å². The summed E-state index contributed by atoms with van der Waals surface area (Å²) in [5.74, 6) is -5.26. The number of carboxylic acid groups (broad SMARTS) is 2. The van der Waals surface area contributed by atoms with Crippen LogP contribution in [0.4, 0.5) is 8.78 Å². The topological polar surface area (TPSA) is 277 Å². The van der Waals surface area contributed by atoms with E-state index in [2.05, 4.69) is 52.5 Å². The summed E-state index contributed by atoms with van der Waals surface area (Å²) in [6.07, 6.45) is 3.18. The Morgan fingerprint density at radius 1 is 0.784 bits per heavy atom. The minimum Gasteiger partial charge on any atom is -0.480 e. The van der Waals surface area contributed by atoms with Crippen LogP contribution in [-0.4, -0.2) is 156 Å². The van der Waals surface area contributed by atoms with Crippen molar-refractivity contribution in [3.63, 3.8) is 0 Å². The Hall–Kier alpha value is -5.36. The number of aliphatic carboxylic acids is 2. The quantitative estimate of drug-likeness (QED) is 0.120. The number of rotatable bonds is 14. The third kappa shape index (κ3) is 12.3. The van der Waals surface area contributed by atoms with Gasteiger partial charge in [-0.25, -0.2) is 45.2 Å². The summed E-state index contributed by atoms with van der Waals surface area (Å²) in [7, 11) is -7.18. The molecule has 0 aliphatic carbocycles. The van der Waals surface area contributed by atoms with Gasteiger partial charge in [-0.2, -0.15) is 0 Å². The maximum atomic E-state index is 13.9. The highest BCUT2D eigenvalue weighted by Crippen LogP contribution is 2.40. The molecule has 0 spiro atoms. The molecular weight excluding hydrogens is 1180 g/mol. The molecule has 3 unspecified atom stereocenters. The summed E-state index contributed by atoms with van der Waals surface area (Å²) in [4.78, 5) is 72.0. The molecule has 2 fully saturated rings. The number of aromatic nitrogens is 2. The first-order valence-electron chi connectivity index (χ1n) is 22.5. The summed E-state index contributed by atoms with van der Waals surface area (Å²) >= 11 is 9.33. The molecule has 74 heavy (non-hydrogen) atoms. The number of amidine groups is 2. The molecular formula is C46H48Br2F2N8O12S4. The van der Waals surface area contributed by atoms with Crippen molar-refractivity contribution < 1.29 is 64.5 Å². The average molecular weight is 1230 g/mol. The van der Waals surface area contributed by atoms with E-state index in [4.69, 9.17) is 19.5 Å². The summed E-state index contributed by atoms with van der Waals surface area (Å²) < 4.78 is 88.8. The van der Waals surface area contributed by atoms with Crippen LogP contribution in [0, 0.1) is 11.6 Å². The maximum absolute atomic E-state index is 13.9. The minimum atomic E-state index is -3.60. The molecule has 2 aromatic heterocycles. The highest BCUT2D eigenvalue weighted by Gasteiger charge is 2.49. The SMILES string of the molecule is CCOC(=O)C1=C(CN2CCS(=O)(=O)C(C)C2C(=O)O)NC(c2nccs2)=N[C@H]1c1ccc(F)cc1Br.CCOC(=O)C1=C(CN2CCS(=O)(=O)CC2(C)C(=O)O)NC(c2nccs2)=N[C@H]1c1ccc(F)cc1Br. The number of hydrogen-bond donors (Lipinski definition) is 4. The van der Waals surface area contributed by atoms with Crippen molar-refractivity contribution in [1.82, 2.24) is 30.4 Å². The predicted molar refractivity (Wildman–Crippen MR) is 277 cm³/mol. The average Bonchev–Trinajstić information content (AvgIpc) is 4.08. The fraction of sp³-hybridized carbons (Fsp3) is 0.391. The lowest BCUT2D eigenvalue weighted by Crippen LogP contribution is -2.62. The molecule has 20 nitrogen and oxygen atoms in total. The van der Waals surface area contributed by atoms with Crippen LogP contribution in [-0.2, 0) is 48.3 Å². The first-order chi connectivity index (χ1) is 35.0. The van der Waals surface area contributed by atoms with Gasteiger partial charge in [0, 0.05) is 69.7 Å². The van der Waals surface area contributed by atoms with Gasteiger partial charge in [-0.3, -0.25) is 29.4 Å². The zero-order valence-corrected chi connectivity index (χ0v) is 46.2. The second kappa shape index (κ2) is 23.3. The Kier molecular flexibility index (Phi) is 17.7. The summed E-state index contributed by atoms with van der Waals surface area (Å²) in [5.41, 5.74) is 0.0640. The summed E-state index contributed by atoms with van der Waals surface area (Å²) in [6.45, 7) is 5.88. The van der Waals surface area contributed by atoms with Gasteiger partial charge in [-0.15, -0.1) is 22.7 Å². The number of hydrogen-bond acceptors (Lipinski definition) is 20. The van der Waals surface area contributed by atoms with Crippen LogP contribution < -0.4 is 10.6 Å². The van der Waals surface area contributed by atoms with Gasteiger partial charge >= 0.3 is 23.9 Å². The number of nitrogens with zero attached hydrogens (tertiary/aromatic N) is 6. The van der Waals surface area contributed by atoms with Gasteiger partial charge in [-0.05, 0) is 63.1 Å². The fourth-order valence-electron chi connectivity index (χ4n) is 8.66. The highest BCUT2D eigenvalue weighted by molar-refractivity contribution is 9.10. The third-order valence-corrected chi connectivity index (χ3v) is 19.3. The Labute approximate surface area is 448 Å². The van der Waals surface area contributed by atoms with E-state index in [9.17, 15) is 55.0 Å². The Bertz CT molecular complexity index is 3200. The third-order valence-electron chi connectivity index (χ3n) is 12.4. The Morgan fingerprint density at radius 3 is 1.69 bits per heavy atom. The zero-order valence-electron chi connectivity index (χ0n) is 39.8. The van der Waals surface area contributed by atoms with Gasteiger partial charge in [0.1, 0.15) is 35.3 Å². The molecule has 2 saturated heterocycles. The van der Waals surface area contributed by atoms with Crippen LogP contribution in [0.25, 0.3) is 0 Å². The Balaban J connectivity index is 0.000000216. The largest absolute Gasteiger partial charge is 0.480 e. The summed E-state index contributed by atoms with van der Waals surface area (Å²) in [6, 6.07) is 4.84. The van der Waals surface area contributed by atoms with Crippen molar-refractivity contribution in [2.24, 2.45) is 9.98 Å². The van der Waals surface area contributed by atoms with E-state index in [1.807, 2.05) is 0 Å². The van der Waals surface area contributed by atoms with E-state index in [0.717, 1.165) is 0 Å². The molecule has 4 aliphatic heterocycles. The second-order valence-corrected chi connectivity index (χ2v) is 25.3. The lowest BCUT2D eigenvalue weighted by molar-refractivity contribution is -0.149. The van der Waals surface area contributed by atoms with Gasteiger partial charge in [0.2, 0.25) is 0 Å². The van der Waals surface area contributed by atoms with E-state index in [0.29, 0.717) is 53.2 Å². The predicted octanol–water partition coefficient (Wildman–Crippen LogP) is 5.05. The van der Waals surface area contributed by atoms with Crippen molar-refractivity contribution >= 4 is 110 Å². The fourth-order valence-corrected chi connectivity index (χ4v) is 14.3. The lowest BCUT2D eigenvalue weighted by Gasteiger charge is -2.42. The molecule has 0 amide bonds. The minimum absolute atomic E-state index is 0.0421. The zero-order chi connectivity index (χ0) is 53.9. The molecule has 0 bridgehead atoms. The van der Waals surface area contributed by atoms with Crippen LogP contribution >= 0.6 is 54.5 Å². The highest BCUT2D eigenvalue weighted by atomic mass is 79.9. The first kappa shape index (κ1) is 56.4. The molecule has 5 atom stereocenters. The molecule has 4 N–H and O–H groups in total. The number of thiazole rings is 2. The molecule has 28 heteroatoms. The number of sulfone groups is 2. The maximum Gasteiger partial charge on any atom is 0.338 e. The van der Waals surface area contributed by atoms with Gasteiger partial charge in [-0.1, -0.05) is 44.0 Å². The van der Waals surface area contributed by atoms with Crippen molar-refractivity contribution in [1.29, 1.82) is 0 Å². The van der Waals surface area contributed by atoms with Gasteiger partial charge < -0.3 is 30.3 Å². The van der Waals surface area contributed by atoms with Gasteiger partial charge in [0.25, 0.3) is 0 Å². The number of halogens is 4. The molecule has 6 heterocycles. The van der Waals surface area contributed by atoms with Crippen LogP contribution in [0.5, 0.6) is 0 Å². The number of ether oxygens (including phenoxy) is 2. The number of benzene rings is 2. The second-order valence-electron chi connectivity index (χ2n) is 17.2. The van der Waals surface area contributed by atoms with Crippen molar-refractivity contribution in [2.75, 3.05) is 56.7 Å². The molecule has 0 radical (unpaired) electrons. The van der Waals surface area contributed by atoms with Gasteiger partial charge in [0.15, 0.2) is 41.4 Å². The molecule has 396 valence electrons. The van der Waals surface area contributed by atoms with Crippen molar-refractivity contribution in [2.45, 2.75) is 56.6 Å². The van der Waals surface area contributed by atoms with E-state index >= 15 is 0 Å². The number of aliphatic imine (C=N–C) groups is 2. The lowest BCUT2D eigenvalue weighted by atomic mass is 9.94. The van der Waals surface area contributed by atoms with Crippen LogP contribution in [0.1, 0.15) is 60.9 Å². The van der Waals surface area contributed by atoms with Crippen LogP contribution in [0.3, 0.4) is 0 Å². The monoisotopic (exact) mass is 1230 g/mol. The van der Waals surface area contributed by atoms with Crippen LogP contribution in [0.2, 0.25) is 0 Å². The van der Waals surface area contributed by atoms with E-state index in [1.54, 1.807) is 37.0 Å². The van der Waals surface area contributed by atoms with Crippen molar-refractivity contribution in [3.05, 3.63) is 124 Å². The summed E-state index contributed by atoms with van der Waals surface area (Å²) in [5, 5.41) is 29.5. The number of esters is 2. The standard InChI is InChI=1S/2C23H24BrFN4O6S2/c1-3-35-21(30)17-16(11-29-7-9-37(33,34)12-23(29,2)22(31)32)27-19(20-26-6-8-36-20)28-18(17)14-5-4-13(25)10-15(14)24;1-3-35-23(32)17-16(11-29-7-9-37(33,34)12(2)19(29)22(30)31)27-20(21-26-6-8-36-21)28-18(17)14-5-4-13(25)10-15(14)24/h4-6,8,10,18H,3,7,9,11-12H2,1-2H3,(H,27,28)(H,31,32);4-6,8,10,12,18-19H,3,7,9,11H2,1-2H3,(H,27,28)(H,30,31)/t18-,23?;12?,18-,19?/m00/s1. The number of carboxylic acids is 2. The molecule has 8 rings (SSSR count). The van der Waals surface area contributed by atoms with E-state index in [-0.39, 0.29) is 62.0 Å². The number of carbonyl (C=O) groups excluding carboxylic acids is 2. The molecule has 4 aliphatic rings. The Morgan fingerprint density at radius 2 is 1.27 bits per heavy atom. The van der Waals surface area contributed by atoms with E-state index < -0.39 is 89.9 Å². The normalized spacial score (nSPS) is 23.8. The van der Waals surface area contributed by atoms with Crippen LogP contribution in [0.15, 0.2) is 101 Å². The molecule has 2 aromatic carbocycles.